The normalized spacial score (nSPS) is 12.1. The van der Waals surface area contributed by atoms with Crippen LogP contribution in [0.3, 0.4) is 0 Å². The van der Waals surface area contributed by atoms with Crippen LogP contribution in [0.15, 0.2) is 29.2 Å². The van der Waals surface area contributed by atoms with Crippen molar-refractivity contribution in [3.05, 3.63) is 29.8 Å². The second-order valence-corrected chi connectivity index (χ2v) is 4.26. The maximum Gasteiger partial charge on any atom is 0.129 e. The molecule has 1 atom stereocenters. The molecule has 1 aromatic carbocycles. The molecule has 68 valence electrons. The number of benzene rings is 1. The lowest BCUT2D eigenvalue weighted by atomic mass is 10.2. The van der Waals surface area contributed by atoms with E-state index in [1.54, 1.807) is 11.8 Å². The lowest BCUT2D eigenvalue weighted by Crippen LogP contribution is -1.97. The third kappa shape index (κ3) is 3.30. The van der Waals surface area contributed by atoms with Gasteiger partial charge in [0.25, 0.3) is 0 Å². The molecule has 0 aliphatic carbocycles. The molecule has 1 unspecified atom stereocenters. The summed E-state index contributed by atoms with van der Waals surface area (Å²) in [7, 11) is 0. The highest BCUT2D eigenvalue weighted by Gasteiger charge is 2.04. The predicted molar refractivity (Wildman–Crippen MR) is 57.2 cm³/mol. The van der Waals surface area contributed by atoms with E-state index in [0.717, 1.165) is 0 Å². The summed E-state index contributed by atoms with van der Waals surface area (Å²) in [5.74, 6) is 0.642. The summed E-state index contributed by atoms with van der Waals surface area (Å²) < 4.78 is 0. The SMILES string of the molecule is Cc1ccccc1SCC(Cl)C#N. The number of halogens is 1. The van der Waals surface area contributed by atoms with E-state index >= 15 is 0 Å². The number of aryl methyl sites for hydroxylation is 1. The van der Waals surface area contributed by atoms with Gasteiger partial charge in [-0.2, -0.15) is 5.26 Å². The van der Waals surface area contributed by atoms with Crippen molar-refractivity contribution in [2.24, 2.45) is 0 Å². The van der Waals surface area contributed by atoms with Gasteiger partial charge < -0.3 is 0 Å². The second kappa shape index (κ2) is 5.16. The molecule has 3 heteroatoms. The number of nitriles is 1. The molecule has 1 aromatic rings. The molecule has 0 aromatic heterocycles. The Morgan fingerprint density at radius 2 is 2.23 bits per heavy atom. The fraction of sp³-hybridized carbons (Fsp3) is 0.300. The molecule has 0 amide bonds. The van der Waals surface area contributed by atoms with Gasteiger partial charge in [0.2, 0.25) is 0 Å². The molecule has 0 saturated carbocycles. The first-order valence-electron chi connectivity index (χ1n) is 3.96. The van der Waals surface area contributed by atoms with Crippen LogP contribution in [-0.4, -0.2) is 11.1 Å². The van der Waals surface area contributed by atoms with Gasteiger partial charge in [-0.05, 0) is 18.6 Å². The zero-order valence-electron chi connectivity index (χ0n) is 7.33. The standard InChI is InChI=1S/C10H10ClNS/c1-8-4-2-3-5-10(8)13-7-9(11)6-12/h2-5,9H,7H2,1H3. The monoisotopic (exact) mass is 211 g/mol. The van der Waals surface area contributed by atoms with Crippen molar-refractivity contribution in [2.75, 3.05) is 5.75 Å². The number of rotatable bonds is 3. The van der Waals surface area contributed by atoms with E-state index in [1.165, 1.54) is 10.5 Å². The zero-order chi connectivity index (χ0) is 9.68. The first-order chi connectivity index (χ1) is 6.24. The van der Waals surface area contributed by atoms with Crippen LogP contribution in [0.1, 0.15) is 5.56 Å². The van der Waals surface area contributed by atoms with Crippen LogP contribution in [0.5, 0.6) is 0 Å². The third-order valence-electron chi connectivity index (χ3n) is 1.62. The summed E-state index contributed by atoms with van der Waals surface area (Å²) >= 11 is 7.31. The van der Waals surface area contributed by atoms with Crippen molar-refractivity contribution >= 4 is 23.4 Å². The van der Waals surface area contributed by atoms with Crippen molar-refractivity contribution < 1.29 is 0 Å². The maximum absolute atomic E-state index is 8.49. The molecule has 0 saturated heterocycles. The van der Waals surface area contributed by atoms with Crippen LogP contribution in [0.4, 0.5) is 0 Å². The first kappa shape index (κ1) is 10.4. The van der Waals surface area contributed by atoms with Gasteiger partial charge in [-0.15, -0.1) is 23.4 Å². The Balaban J connectivity index is 2.56. The molecular weight excluding hydrogens is 202 g/mol. The van der Waals surface area contributed by atoms with Gasteiger partial charge in [0, 0.05) is 10.6 Å². The first-order valence-corrected chi connectivity index (χ1v) is 5.38. The predicted octanol–water partition coefficient (Wildman–Crippen LogP) is 3.22. The van der Waals surface area contributed by atoms with E-state index in [1.807, 2.05) is 24.3 Å². The van der Waals surface area contributed by atoms with Crippen LogP contribution in [0, 0.1) is 18.3 Å². The molecule has 0 N–H and O–H groups in total. The summed E-state index contributed by atoms with van der Waals surface area (Å²) in [4.78, 5) is 1.20. The van der Waals surface area contributed by atoms with Crippen molar-refractivity contribution in [3.8, 4) is 6.07 Å². The topological polar surface area (TPSA) is 23.8 Å². The van der Waals surface area contributed by atoms with Gasteiger partial charge in [0.15, 0.2) is 0 Å². The smallest absolute Gasteiger partial charge is 0.129 e. The van der Waals surface area contributed by atoms with Gasteiger partial charge in [-0.1, -0.05) is 18.2 Å². The number of thioether (sulfide) groups is 1. The van der Waals surface area contributed by atoms with Crippen molar-refractivity contribution in [2.45, 2.75) is 17.2 Å². The molecule has 1 nitrogen and oxygen atoms in total. The fourth-order valence-electron chi connectivity index (χ4n) is 0.919. The minimum Gasteiger partial charge on any atom is -0.197 e. The summed E-state index contributed by atoms with van der Waals surface area (Å²) in [5.41, 5.74) is 1.23. The molecular formula is C10H10ClNS. The van der Waals surface area contributed by atoms with Gasteiger partial charge in [0.05, 0.1) is 6.07 Å². The Kier molecular flexibility index (Phi) is 4.14. The summed E-state index contributed by atoms with van der Waals surface area (Å²) in [6.07, 6.45) is 0. The Bertz CT molecular complexity index is 319. The minimum absolute atomic E-state index is 0.399. The van der Waals surface area contributed by atoms with E-state index in [0.29, 0.717) is 5.75 Å². The largest absolute Gasteiger partial charge is 0.197 e. The van der Waals surface area contributed by atoms with Crippen LogP contribution < -0.4 is 0 Å². The van der Waals surface area contributed by atoms with Gasteiger partial charge in [-0.25, -0.2) is 0 Å². The molecule has 0 spiro atoms. The fourth-order valence-corrected chi connectivity index (χ4v) is 1.98. The van der Waals surface area contributed by atoms with Gasteiger partial charge in [-0.3, -0.25) is 0 Å². The number of nitrogens with zero attached hydrogens (tertiary/aromatic N) is 1. The van der Waals surface area contributed by atoms with E-state index < -0.39 is 5.38 Å². The molecule has 0 radical (unpaired) electrons. The highest BCUT2D eigenvalue weighted by molar-refractivity contribution is 7.99. The molecule has 0 fully saturated rings. The van der Waals surface area contributed by atoms with Crippen LogP contribution >= 0.6 is 23.4 Å². The quantitative estimate of drug-likeness (QED) is 0.566. The molecule has 13 heavy (non-hydrogen) atoms. The lowest BCUT2D eigenvalue weighted by Gasteiger charge is -2.04. The zero-order valence-corrected chi connectivity index (χ0v) is 8.90. The summed E-state index contributed by atoms with van der Waals surface area (Å²) in [6, 6.07) is 10.1. The van der Waals surface area contributed by atoms with Crippen molar-refractivity contribution in [1.29, 1.82) is 5.26 Å². The van der Waals surface area contributed by atoms with E-state index in [4.69, 9.17) is 16.9 Å². The minimum atomic E-state index is -0.399. The average Bonchev–Trinajstić information content (AvgIpc) is 2.16. The van der Waals surface area contributed by atoms with E-state index in [2.05, 4.69) is 13.0 Å². The Morgan fingerprint density at radius 1 is 1.54 bits per heavy atom. The van der Waals surface area contributed by atoms with Gasteiger partial charge in [0.1, 0.15) is 5.38 Å². The summed E-state index contributed by atoms with van der Waals surface area (Å²) in [5, 5.41) is 8.09. The number of hydrogen-bond acceptors (Lipinski definition) is 2. The third-order valence-corrected chi connectivity index (χ3v) is 3.32. The van der Waals surface area contributed by atoms with Crippen LogP contribution in [0.25, 0.3) is 0 Å². The highest BCUT2D eigenvalue weighted by atomic mass is 35.5. The molecule has 0 aliphatic heterocycles. The molecule has 0 aliphatic rings. The summed E-state index contributed by atoms with van der Waals surface area (Å²) in [6.45, 7) is 2.05. The Hall–Kier alpha value is -0.650. The maximum atomic E-state index is 8.49. The Labute approximate surface area is 87.7 Å². The molecule has 0 heterocycles. The second-order valence-electron chi connectivity index (χ2n) is 2.67. The number of hydrogen-bond donors (Lipinski definition) is 0. The molecule has 0 bridgehead atoms. The van der Waals surface area contributed by atoms with E-state index in [-0.39, 0.29) is 0 Å². The van der Waals surface area contributed by atoms with Crippen LogP contribution in [0.2, 0.25) is 0 Å². The van der Waals surface area contributed by atoms with Crippen molar-refractivity contribution in [1.82, 2.24) is 0 Å². The van der Waals surface area contributed by atoms with Crippen LogP contribution in [-0.2, 0) is 0 Å². The average molecular weight is 212 g/mol. The van der Waals surface area contributed by atoms with Crippen molar-refractivity contribution in [3.63, 3.8) is 0 Å². The van der Waals surface area contributed by atoms with E-state index in [9.17, 15) is 0 Å². The lowest BCUT2D eigenvalue weighted by molar-refractivity contribution is 1.23. The molecule has 1 rings (SSSR count). The number of alkyl halides is 1. The Morgan fingerprint density at radius 3 is 2.85 bits per heavy atom. The highest BCUT2D eigenvalue weighted by Crippen LogP contribution is 2.23. The van der Waals surface area contributed by atoms with Gasteiger partial charge >= 0.3 is 0 Å².